The van der Waals surface area contributed by atoms with Crippen LogP contribution in [-0.4, -0.2) is 25.6 Å². The third-order valence-corrected chi connectivity index (χ3v) is 4.68. The second-order valence-corrected chi connectivity index (χ2v) is 6.94. The van der Waals surface area contributed by atoms with E-state index < -0.39 is 0 Å². The van der Waals surface area contributed by atoms with Crippen molar-refractivity contribution >= 4 is 17.5 Å². The van der Waals surface area contributed by atoms with Crippen molar-refractivity contribution < 1.29 is 9.32 Å². The zero-order valence-corrected chi connectivity index (χ0v) is 16.4. The fourth-order valence-electron chi connectivity index (χ4n) is 2.86. The second-order valence-electron chi connectivity index (χ2n) is 6.50. The van der Waals surface area contributed by atoms with Gasteiger partial charge < -0.3 is 14.4 Å². The average Bonchev–Trinajstić information content (AvgIpc) is 3.36. The van der Waals surface area contributed by atoms with Gasteiger partial charge in [-0.15, -0.1) is 0 Å². The quantitative estimate of drug-likeness (QED) is 0.524. The molecule has 0 saturated heterocycles. The topological polar surface area (TPSA) is 85.8 Å². The van der Waals surface area contributed by atoms with Crippen LogP contribution < -0.4 is 5.32 Å². The molecule has 1 amide bonds. The molecule has 29 heavy (non-hydrogen) atoms. The number of hydrogen-bond acceptors (Lipinski definition) is 5. The van der Waals surface area contributed by atoms with Gasteiger partial charge in [-0.25, -0.2) is 4.98 Å². The number of carbonyl (C=O) groups is 1. The predicted octanol–water partition coefficient (Wildman–Crippen LogP) is 3.87. The molecule has 0 radical (unpaired) electrons. The van der Waals surface area contributed by atoms with Gasteiger partial charge in [-0.3, -0.25) is 4.79 Å². The van der Waals surface area contributed by atoms with Crippen LogP contribution in [0.25, 0.3) is 11.4 Å². The number of rotatable bonds is 6. The lowest BCUT2D eigenvalue weighted by atomic mass is 10.1. The summed E-state index contributed by atoms with van der Waals surface area (Å²) in [6.45, 7) is 2.81. The van der Waals surface area contributed by atoms with Crippen LogP contribution in [0.3, 0.4) is 0 Å². The number of hydrogen-bond donors (Lipinski definition) is 1. The molecule has 0 bridgehead atoms. The monoisotopic (exact) mass is 407 g/mol. The number of nitrogens with one attached hydrogen (secondary N) is 1. The van der Waals surface area contributed by atoms with Gasteiger partial charge in [0.2, 0.25) is 11.7 Å². The third-order valence-electron chi connectivity index (χ3n) is 4.44. The Kier molecular flexibility index (Phi) is 5.39. The number of aromatic nitrogens is 4. The number of imidazole rings is 1. The van der Waals surface area contributed by atoms with E-state index in [9.17, 15) is 4.79 Å². The number of amides is 1. The van der Waals surface area contributed by atoms with Crippen LogP contribution in [0.5, 0.6) is 0 Å². The first-order chi connectivity index (χ1) is 14.1. The highest BCUT2D eigenvalue weighted by molar-refractivity contribution is 6.30. The molecule has 146 valence electrons. The van der Waals surface area contributed by atoms with E-state index in [0.717, 1.165) is 17.0 Å². The Labute approximate surface area is 172 Å². The van der Waals surface area contributed by atoms with E-state index in [-0.39, 0.29) is 12.5 Å². The van der Waals surface area contributed by atoms with Crippen LogP contribution >= 0.6 is 11.6 Å². The standard InChI is InChI=1S/C21H18ClN5O2/c1-14-23-9-10-27(14)13-15-5-7-16(8-6-15)21(28)24-12-19-25-20(26-29-19)17-3-2-4-18(22)11-17/h2-11H,12-13H2,1H3,(H,24,28). The maximum atomic E-state index is 12.4. The van der Waals surface area contributed by atoms with Gasteiger partial charge in [-0.1, -0.05) is 41.0 Å². The number of carbonyl (C=O) groups excluding carboxylic acids is 1. The molecule has 8 heteroatoms. The molecule has 4 rings (SSSR count). The highest BCUT2D eigenvalue weighted by Gasteiger charge is 2.11. The average molecular weight is 408 g/mol. The van der Waals surface area contributed by atoms with Gasteiger partial charge in [0.25, 0.3) is 5.91 Å². The van der Waals surface area contributed by atoms with Crippen molar-refractivity contribution in [3.63, 3.8) is 0 Å². The summed E-state index contributed by atoms with van der Waals surface area (Å²) >= 11 is 5.98. The molecule has 2 aromatic heterocycles. The molecule has 0 fully saturated rings. The normalized spacial score (nSPS) is 10.8. The molecule has 0 aliphatic heterocycles. The van der Waals surface area contributed by atoms with Crippen molar-refractivity contribution in [1.29, 1.82) is 0 Å². The summed E-state index contributed by atoms with van der Waals surface area (Å²) in [7, 11) is 0. The Balaban J connectivity index is 1.36. The molecule has 0 atom stereocenters. The zero-order valence-electron chi connectivity index (χ0n) is 15.7. The SMILES string of the molecule is Cc1nccn1Cc1ccc(C(=O)NCc2nc(-c3cccc(Cl)c3)no2)cc1. The largest absolute Gasteiger partial charge is 0.343 e. The van der Waals surface area contributed by atoms with Crippen molar-refractivity contribution in [1.82, 2.24) is 25.0 Å². The van der Waals surface area contributed by atoms with Crippen molar-refractivity contribution in [3.8, 4) is 11.4 Å². The summed E-state index contributed by atoms with van der Waals surface area (Å²) in [5.74, 6) is 1.48. The highest BCUT2D eigenvalue weighted by atomic mass is 35.5. The van der Waals surface area contributed by atoms with Gasteiger partial charge in [0.05, 0.1) is 6.54 Å². The lowest BCUT2D eigenvalue weighted by Crippen LogP contribution is -2.22. The van der Waals surface area contributed by atoms with E-state index in [4.69, 9.17) is 16.1 Å². The summed E-state index contributed by atoms with van der Waals surface area (Å²) in [5.41, 5.74) is 2.40. The Morgan fingerprint density at radius 1 is 1.21 bits per heavy atom. The number of benzene rings is 2. The van der Waals surface area contributed by atoms with E-state index >= 15 is 0 Å². The first kappa shape index (κ1) is 18.9. The van der Waals surface area contributed by atoms with E-state index in [0.29, 0.717) is 28.8 Å². The summed E-state index contributed by atoms with van der Waals surface area (Å²) in [4.78, 5) is 20.9. The summed E-state index contributed by atoms with van der Waals surface area (Å²) in [6, 6.07) is 14.6. The summed E-state index contributed by atoms with van der Waals surface area (Å²) < 4.78 is 7.25. The van der Waals surface area contributed by atoms with Crippen LogP contribution in [-0.2, 0) is 13.1 Å². The molecule has 0 saturated carbocycles. The minimum Gasteiger partial charge on any atom is -0.343 e. The molecule has 7 nitrogen and oxygen atoms in total. The van der Waals surface area contributed by atoms with E-state index in [1.165, 1.54) is 0 Å². The Bertz CT molecular complexity index is 1130. The van der Waals surface area contributed by atoms with Crippen LogP contribution in [0.1, 0.15) is 27.6 Å². The van der Waals surface area contributed by atoms with Gasteiger partial charge in [0.1, 0.15) is 5.82 Å². The Morgan fingerprint density at radius 2 is 2.03 bits per heavy atom. The molecule has 0 unspecified atom stereocenters. The van der Waals surface area contributed by atoms with E-state index in [1.54, 1.807) is 30.5 Å². The maximum absolute atomic E-state index is 12.4. The van der Waals surface area contributed by atoms with Crippen LogP contribution in [0, 0.1) is 6.92 Å². The van der Waals surface area contributed by atoms with Crippen molar-refractivity contribution in [2.75, 3.05) is 0 Å². The molecular formula is C21H18ClN5O2. The lowest BCUT2D eigenvalue weighted by molar-refractivity contribution is 0.0946. The van der Waals surface area contributed by atoms with Gasteiger partial charge in [0.15, 0.2) is 0 Å². The molecule has 0 aliphatic rings. The predicted molar refractivity (Wildman–Crippen MR) is 108 cm³/mol. The first-order valence-corrected chi connectivity index (χ1v) is 9.40. The highest BCUT2D eigenvalue weighted by Crippen LogP contribution is 2.19. The second kappa shape index (κ2) is 8.28. The van der Waals surface area contributed by atoms with Crippen molar-refractivity contribution in [3.05, 3.63) is 88.8 Å². The molecule has 0 aliphatic carbocycles. The fraction of sp³-hybridized carbons (Fsp3) is 0.143. The van der Waals surface area contributed by atoms with Crippen LogP contribution in [0.4, 0.5) is 0 Å². The Hall–Kier alpha value is -3.45. The third kappa shape index (κ3) is 4.52. The van der Waals surface area contributed by atoms with Gasteiger partial charge in [-0.2, -0.15) is 4.98 Å². The van der Waals surface area contributed by atoms with E-state index in [1.807, 2.05) is 42.0 Å². The minimum absolute atomic E-state index is 0.141. The van der Waals surface area contributed by atoms with Gasteiger partial charge >= 0.3 is 0 Å². The fourth-order valence-corrected chi connectivity index (χ4v) is 3.05. The van der Waals surface area contributed by atoms with Crippen molar-refractivity contribution in [2.24, 2.45) is 0 Å². The van der Waals surface area contributed by atoms with E-state index in [2.05, 4.69) is 20.4 Å². The summed E-state index contributed by atoms with van der Waals surface area (Å²) in [5, 5.41) is 7.31. The molecule has 2 aromatic carbocycles. The zero-order chi connectivity index (χ0) is 20.2. The lowest BCUT2D eigenvalue weighted by Gasteiger charge is -2.07. The smallest absolute Gasteiger partial charge is 0.251 e. The van der Waals surface area contributed by atoms with Crippen LogP contribution in [0.2, 0.25) is 5.02 Å². The molecular weight excluding hydrogens is 390 g/mol. The van der Waals surface area contributed by atoms with Crippen molar-refractivity contribution in [2.45, 2.75) is 20.0 Å². The molecule has 4 aromatic rings. The van der Waals surface area contributed by atoms with Gasteiger partial charge in [-0.05, 0) is 36.8 Å². The number of halogens is 1. The van der Waals surface area contributed by atoms with Gasteiger partial charge in [0, 0.05) is 35.1 Å². The Morgan fingerprint density at radius 3 is 2.76 bits per heavy atom. The summed E-state index contributed by atoms with van der Waals surface area (Å²) in [6.07, 6.45) is 3.70. The number of aryl methyl sites for hydroxylation is 1. The molecule has 1 N–H and O–H groups in total. The molecule has 2 heterocycles. The minimum atomic E-state index is -0.210. The number of nitrogens with zero attached hydrogens (tertiary/aromatic N) is 4. The first-order valence-electron chi connectivity index (χ1n) is 9.02. The molecule has 0 spiro atoms. The van der Waals surface area contributed by atoms with Crippen LogP contribution in [0.15, 0.2) is 65.4 Å². The maximum Gasteiger partial charge on any atom is 0.251 e.